The van der Waals surface area contributed by atoms with Crippen molar-refractivity contribution in [2.75, 3.05) is 40.4 Å². The maximum absolute atomic E-state index is 5.45. The monoisotopic (exact) mass is 295 g/mol. The summed E-state index contributed by atoms with van der Waals surface area (Å²) in [6.07, 6.45) is 8.14. The first-order chi connectivity index (χ1) is 10.2. The number of hydrogen-bond donors (Lipinski definition) is 1. The predicted octanol–water partition coefficient (Wildman–Crippen LogP) is 2.75. The highest BCUT2D eigenvalue weighted by Crippen LogP contribution is 2.30. The summed E-state index contributed by atoms with van der Waals surface area (Å²) in [5, 5.41) is 3.54. The van der Waals surface area contributed by atoms with Crippen LogP contribution in [0.5, 0.6) is 0 Å². The van der Waals surface area contributed by atoms with Gasteiger partial charge in [-0.05, 0) is 31.1 Å². The van der Waals surface area contributed by atoms with Crippen molar-refractivity contribution in [1.29, 1.82) is 0 Å². The fourth-order valence-corrected chi connectivity index (χ4v) is 3.80. The molecule has 1 N–H and O–H groups in total. The van der Waals surface area contributed by atoms with Gasteiger partial charge in [0.1, 0.15) is 0 Å². The molecule has 0 spiro atoms. The molecule has 1 saturated heterocycles. The normalized spacial score (nSPS) is 30.4. The van der Waals surface area contributed by atoms with Crippen LogP contribution < -0.4 is 5.32 Å². The minimum atomic E-state index is 0.660. The summed E-state index contributed by atoms with van der Waals surface area (Å²) >= 11 is 0. The average molecular weight is 295 g/mol. The van der Waals surface area contributed by atoms with Crippen LogP contribution in [0.15, 0.2) is 4.99 Å². The molecule has 2 aliphatic rings. The summed E-state index contributed by atoms with van der Waals surface area (Å²) in [6, 6.07) is 0. The summed E-state index contributed by atoms with van der Waals surface area (Å²) in [7, 11) is 4.02. The van der Waals surface area contributed by atoms with Crippen molar-refractivity contribution in [1.82, 2.24) is 10.2 Å². The standard InChI is InChI=1S/C17H33N3O/c1-14-5-4-6-15(11-14)7-9-19-17(18-2)20(3)12-16-8-10-21-13-16/h14-16H,4-13H2,1-3H3,(H,18,19). The van der Waals surface area contributed by atoms with Gasteiger partial charge in [0.15, 0.2) is 5.96 Å². The fraction of sp³-hybridized carbons (Fsp3) is 0.941. The molecule has 122 valence electrons. The molecule has 0 bridgehead atoms. The molecular formula is C17H33N3O. The van der Waals surface area contributed by atoms with E-state index < -0.39 is 0 Å². The smallest absolute Gasteiger partial charge is 0.193 e. The second-order valence-electron chi connectivity index (χ2n) is 7.01. The Hall–Kier alpha value is -0.770. The SMILES string of the molecule is CN=C(NCCC1CCCC(C)C1)N(C)CC1CCOC1. The van der Waals surface area contributed by atoms with Crippen LogP contribution in [0.2, 0.25) is 0 Å². The largest absolute Gasteiger partial charge is 0.381 e. The summed E-state index contributed by atoms with van der Waals surface area (Å²) in [5.74, 6) is 3.53. The zero-order valence-electron chi connectivity index (χ0n) is 14.1. The Morgan fingerprint density at radius 2 is 2.14 bits per heavy atom. The molecule has 1 heterocycles. The molecule has 1 aliphatic heterocycles. The third kappa shape index (κ3) is 5.50. The van der Waals surface area contributed by atoms with Crippen molar-refractivity contribution in [3.05, 3.63) is 0 Å². The van der Waals surface area contributed by atoms with E-state index in [0.717, 1.165) is 44.1 Å². The predicted molar refractivity (Wildman–Crippen MR) is 88.7 cm³/mol. The molecule has 3 atom stereocenters. The maximum Gasteiger partial charge on any atom is 0.193 e. The molecule has 0 radical (unpaired) electrons. The van der Waals surface area contributed by atoms with E-state index in [9.17, 15) is 0 Å². The molecular weight excluding hydrogens is 262 g/mol. The van der Waals surface area contributed by atoms with E-state index in [2.05, 4.69) is 29.2 Å². The molecule has 1 saturated carbocycles. The Kier molecular flexibility index (Phi) is 6.81. The van der Waals surface area contributed by atoms with E-state index in [0.29, 0.717) is 5.92 Å². The molecule has 2 fully saturated rings. The lowest BCUT2D eigenvalue weighted by atomic mass is 9.81. The van der Waals surface area contributed by atoms with Gasteiger partial charge in [-0.15, -0.1) is 0 Å². The minimum absolute atomic E-state index is 0.660. The van der Waals surface area contributed by atoms with E-state index in [4.69, 9.17) is 4.74 Å². The van der Waals surface area contributed by atoms with E-state index in [-0.39, 0.29) is 0 Å². The number of nitrogens with one attached hydrogen (secondary N) is 1. The summed E-state index contributed by atoms with van der Waals surface area (Å²) in [5.41, 5.74) is 0. The topological polar surface area (TPSA) is 36.9 Å². The van der Waals surface area contributed by atoms with Gasteiger partial charge < -0.3 is 15.0 Å². The van der Waals surface area contributed by atoms with Gasteiger partial charge in [0, 0.05) is 39.7 Å². The number of aliphatic imine (C=N–C) groups is 1. The number of rotatable bonds is 5. The summed E-state index contributed by atoms with van der Waals surface area (Å²) < 4.78 is 5.45. The number of ether oxygens (including phenoxy) is 1. The van der Waals surface area contributed by atoms with Crippen molar-refractivity contribution in [2.45, 2.75) is 45.4 Å². The van der Waals surface area contributed by atoms with Crippen LogP contribution in [0.4, 0.5) is 0 Å². The Balaban J connectivity index is 1.66. The van der Waals surface area contributed by atoms with Crippen molar-refractivity contribution in [2.24, 2.45) is 22.7 Å². The molecule has 0 aromatic carbocycles. The Bertz CT molecular complexity index is 326. The van der Waals surface area contributed by atoms with Gasteiger partial charge in [0.05, 0.1) is 6.61 Å². The molecule has 3 unspecified atom stereocenters. The van der Waals surface area contributed by atoms with Crippen LogP contribution in [0.1, 0.15) is 45.4 Å². The molecule has 21 heavy (non-hydrogen) atoms. The highest BCUT2D eigenvalue weighted by Gasteiger charge is 2.20. The van der Waals surface area contributed by atoms with Crippen molar-refractivity contribution >= 4 is 5.96 Å². The third-order valence-electron chi connectivity index (χ3n) is 5.01. The van der Waals surface area contributed by atoms with E-state index >= 15 is 0 Å². The summed E-state index contributed by atoms with van der Waals surface area (Å²) in [4.78, 5) is 6.67. The lowest BCUT2D eigenvalue weighted by molar-refractivity contribution is 0.181. The first-order valence-corrected chi connectivity index (χ1v) is 8.68. The summed E-state index contributed by atoms with van der Waals surface area (Å²) in [6.45, 7) is 6.32. The second kappa shape index (κ2) is 8.62. The molecule has 2 rings (SSSR count). The van der Waals surface area contributed by atoms with Crippen LogP contribution in [0.3, 0.4) is 0 Å². The Morgan fingerprint density at radius 1 is 1.29 bits per heavy atom. The minimum Gasteiger partial charge on any atom is -0.381 e. The van der Waals surface area contributed by atoms with E-state index in [1.807, 2.05) is 7.05 Å². The maximum atomic E-state index is 5.45. The molecule has 0 amide bonds. The second-order valence-corrected chi connectivity index (χ2v) is 7.01. The molecule has 4 heteroatoms. The highest BCUT2D eigenvalue weighted by molar-refractivity contribution is 5.79. The number of nitrogens with zero attached hydrogens (tertiary/aromatic N) is 2. The lowest BCUT2D eigenvalue weighted by Crippen LogP contribution is -2.42. The lowest BCUT2D eigenvalue weighted by Gasteiger charge is -2.28. The zero-order valence-corrected chi connectivity index (χ0v) is 14.1. The van der Waals surface area contributed by atoms with Crippen molar-refractivity contribution in [3.63, 3.8) is 0 Å². The molecule has 0 aromatic rings. The van der Waals surface area contributed by atoms with Crippen molar-refractivity contribution < 1.29 is 4.74 Å². The first kappa shape index (κ1) is 16.6. The molecule has 1 aliphatic carbocycles. The van der Waals surface area contributed by atoms with Crippen LogP contribution in [0, 0.1) is 17.8 Å². The van der Waals surface area contributed by atoms with Gasteiger partial charge in [-0.2, -0.15) is 0 Å². The van der Waals surface area contributed by atoms with Gasteiger partial charge in [-0.1, -0.05) is 26.2 Å². The first-order valence-electron chi connectivity index (χ1n) is 8.68. The van der Waals surface area contributed by atoms with Gasteiger partial charge >= 0.3 is 0 Å². The van der Waals surface area contributed by atoms with E-state index in [1.165, 1.54) is 38.5 Å². The van der Waals surface area contributed by atoms with Gasteiger partial charge in [-0.3, -0.25) is 4.99 Å². The third-order valence-corrected chi connectivity index (χ3v) is 5.01. The van der Waals surface area contributed by atoms with Gasteiger partial charge in [0.2, 0.25) is 0 Å². The molecule has 0 aromatic heterocycles. The zero-order chi connectivity index (χ0) is 15.1. The van der Waals surface area contributed by atoms with Crippen LogP contribution in [-0.2, 0) is 4.74 Å². The van der Waals surface area contributed by atoms with Crippen LogP contribution in [-0.4, -0.2) is 51.3 Å². The Labute approximate surface area is 130 Å². The number of guanidine groups is 1. The molecule has 4 nitrogen and oxygen atoms in total. The quantitative estimate of drug-likeness (QED) is 0.626. The van der Waals surface area contributed by atoms with E-state index in [1.54, 1.807) is 0 Å². The Morgan fingerprint density at radius 3 is 2.81 bits per heavy atom. The average Bonchev–Trinajstić information content (AvgIpc) is 2.96. The van der Waals surface area contributed by atoms with Crippen LogP contribution in [0.25, 0.3) is 0 Å². The fourth-order valence-electron chi connectivity index (χ4n) is 3.80. The highest BCUT2D eigenvalue weighted by atomic mass is 16.5. The van der Waals surface area contributed by atoms with Crippen LogP contribution >= 0.6 is 0 Å². The van der Waals surface area contributed by atoms with Crippen molar-refractivity contribution in [3.8, 4) is 0 Å². The number of hydrogen-bond acceptors (Lipinski definition) is 2. The van der Waals surface area contributed by atoms with Gasteiger partial charge in [-0.25, -0.2) is 0 Å². The van der Waals surface area contributed by atoms with Gasteiger partial charge in [0.25, 0.3) is 0 Å².